The van der Waals surface area contributed by atoms with E-state index in [9.17, 15) is 0 Å². The largest absolute Gasteiger partial charge is 0.460 e. The molecule has 5 heteroatoms. The molecule has 2 rings (SSSR count). The smallest absolute Gasteiger partial charge is 0.135 e. The van der Waals surface area contributed by atoms with Gasteiger partial charge in [0, 0.05) is 12.1 Å². The minimum atomic E-state index is -0.358. The summed E-state index contributed by atoms with van der Waals surface area (Å²) >= 11 is 6.11. The van der Waals surface area contributed by atoms with E-state index in [-0.39, 0.29) is 18.5 Å². The molecule has 0 spiro atoms. The number of aliphatic hydroxyl groups is 1. The Morgan fingerprint density at radius 1 is 1.26 bits per heavy atom. The molecule has 2 N–H and O–H groups in total. The highest BCUT2D eigenvalue weighted by Crippen LogP contribution is 2.28. The first-order chi connectivity index (χ1) is 8.66. The van der Waals surface area contributed by atoms with Crippen molar-refractivity contribution < 1.29 is 9.52 Å². The third-order valence-electron chi connectivity index (χ3n) is 2.54. The summed E-state index contributed by atoms with van der Waals surface area (Å²) in [5.41, 5.74) is 0.890. The third kappa shape index (κ3) is 4.55. The fraction of sp³-hybridized carbons (Fsp3) is 0.286. The Bertz CT molecular complexity index is 512. The topological polar surface area (TPSA) is 45.4 Å². The number of benzene rings is 1. The summed E-state index contributed by atoms with van der Waals surface area (Å²) in [6.45, 7) is 2.88. The lowest BCUT2D eigenvalue weighted by molar-refractivity contribution is 0.190. The van der Waals surface area contributed by atoms with Crippen molar-refractivity contribution in [2.75, 3.05) is 6.54 Å². The van der Waals surface area contributed by atoms with E-state index in [2.05, 4.69) is 5.32 Å². The number of hydrogen-bond acceptors (Lipinski definition) is 3. The molecule has 3 nitrogen and oxygen atoms in total. The zero-order chi connectivity index (χ0) is 13.0. The van der Waals surface area contributed by atoms with Gasteiger partial charge >= 0.3 is 0 Å². The fourth-order valence-corrected chi connectivity index (χ4v) is 1.91. The van der Waals surface area contributed by atoms with Crippen LogP contribution in [0, 0.1) is 0 Å². The van der Waals surface area contributed by atoms with Crippen LogP contribution in [-0.4, -0.2) is 17.8 Å². The second-order valence-electron chi connectivity index (χ2n) is 4.23. The van der Waals surface area contributed by atoms with Crippen LogP contribution in [0.3, 0.4) is 0 Å². The highest BCUT2D eigenvalue weighted by molar-refractivity contribution is 6.33. The molecule has 0 saturated carbocycles. The zero-order valence-electron chi connectivity index (χ0n) is 10.6. The highest BCUT2D eigenvalue weighted by Gasteiger charge is 2.07. The average Bonchev–Trinajstić information content (AvgIpc) is 2.78. The Morgan fingerprint density at radius 2 is 2.00 bits per heavy atom. The Balaban J connectivity index is 0.00000180. The summed E-state index contributed by atoms with van der Waals surface area (Å²) < 4.78 is 5.70. The van der Waals surface area contributed by atoms with Crippen LogP contribution in [-0.2, 0) is 6.54 Å². The number of rotatable bonds is 5. The Labute approximate surface area is 124 Å². The number of hydrogen-bond donors (Lipinski definition) is 2. The first-order valence-corrected chi connectivity index (χ1v) is 6.27. The summed E-state index contributed by atoms with van der Waals surface area (Å²) in [6, 6.07) is 11.4. The molecule has 1 aromatic heterocycles. The minimum Gasteiger partial charge on any atom is -0.460 e. The van der Waals surface area contributed by atoms with Crippen LogP contribution in [0.15, 0.2) is 40.8 Å². The molecule has 1 aromatic carbocycles. The number of nitrogens with one attached hydrogen (secondary N) is 1. The van der Waals surface area contributed by atoms with Gasteiger partial charge in [-0.25, -0.2) is 0 Å². The predicted molar refractivity (Wildman–Crippen MR) is 79.8 cm³/mol. The molecule has 104 valence electrons. The molecule has 0 aliphatic heterocycles. The molecular weight excluding hydrogens is 285 g/mol. The fourth-order valence-electron chi connectivity index (χ4n) is 1.68. The normalized spacial score (nSPS) is 11.9. The number of halogens is 2. The lowest BCUT2D eigenvalue weighted by Gasteiger charge is -2.04. The molecule has 0 radical (unpaired) electrons. The molecule has 2 aromatic rings. The summed E-state index contributed by atoms with van der Waals surface area (Å²) in [7, 11) is 0. The van der Waals surface area contributed by atoms with Gasteiger partial charge in [-0.2, -0.15) is 0 Å². The monoisotopic (exact) mass is 301 g/mol. The SMILES string of the molecule is CC(O)CNCc1ccc(-c2ccccc2Cl)o1.Cl. The molecule has 0 aliphatic carbocycles. The van der Waals surface area contributed by atoms with Crippen LogP contribution < -0.4 is 5.32 Å². The van der Waals surface area contributed by atoms with E-state index in [1.165, 1.54) is 0 Å². The molecular formula is C14H17Cl2NO2. The van der Waals surface area contributed by atoms with Gasteiger partial charge in [-0.05, 0) is 31.2 Å². The Hall–Kier alpha value is -1.000. The van der Waals surface area contributed by atoms with E-state index in [1.54, 1.807) is 6.92 Å². The highest BCUT2D eigenvalue weighted by atomic mass is 35.5. The van der Waals surface area contributed by atoms with Gasteiger partial charge in [-0.3, -0.25) is 0 Å². The van der Waals surface area contributed by atoms with E-state index in [0.717, 1.165) is 17.1 Å². The summed E-state index contributed by atoms with van der Waals surface area (Å²) in [4.78, 5) is 0. The van der Waals surface area contributed by atoms with Crippen LogP contribution in [0.5, 0.6) is 0 Å². The maximum Gasteiger partial charge on any atom is 0.135 e. The zero-order valence-corrected chi connectivity index (χ0v) is 12.2. The van der Waals surface area contributed by atoms with Gasteiger partial charge < -0.3 is 14.8 Å². The van der Waals surface area contributed by atoms with Crippen molar-refractivity contribution in [3.8, 4) is 11.3 Å². The molecule has 0 fully saturated rings. The molecule has 1 unspecified atom stereocenters. The molecule has 0 bridgehead atoms. The van der Waals surface area contributed by atoms with Crippen molar-refractivity contribution in [2.24, 2.45) is 0 Å². The molecule has 1 atom stereocenters. The lowest BCUT2D eigenvalue weighted by Crippen LogP contribution is -2.23. The quantitative estimate of drug-likeness (QED) is 0.888. The second kappa shape index (κ2) is 7.56. The van der Waals surface area contributed by atoms with Gasteiger partial charge in [0.15, 0.2) is 0 Å². The standard InChI is InChI=1S/C14H16ClNO2.ClH/c1-10(17)8-16-9-11-6-7-14(18-11)12-4-2-3-5-13(12)15;/h2-7,10,16-17H,8-9H2,1H3;1H. The van der Waals surface area contributed by atoms with Gasteiger partial charge in [0.2, 0.25) is 0 Å². The maximum absolute atomic E-state index is 9.14. The number of furan rings is 1. The first kappa shape index (κ1) is 16.1. The van der Waals surface area contributed by atoms with Gasteiger partial charge in [0.25, 0.3) is 0 Å². The van der Waals surface area contributed by atoms with Crippen molar-refractivity contribution in [1.29, 1.82) is 0 Å². The van der Waals surface area contributed by atoms with Crippen LogP contribution in [0.1, 0.15) is 12.7 Å². The van der Waals surface area contributed by atoms with E-state index in [4.69, 9.17) is 21.1 Å². The van der Waals surface area contributed by atoms with Crippen molar-refractivity contribution >= 4 is 24.0 Å². The van der Waals surface area contributed by atoms with Crippen molar-refractivity contribution in [3.05, 3.63) is 47.2 Å². The van der Waals surface area contributed by atoms with Crippen molar-refractivity contribution in [1.82, 2.24) is 5.32 Å². The van der Waals surface area contributed by atoms with E-state index < -0.39 is 0 Å². The Morgan fingerprint density at radius 3 is 2.68 bits per heavy atom. The molecule has 19 heavy (non-hydrogen) atoms. The van der Waals surface area contributed by atoms with Crippen LogP contribution >= 0.6 is 24.0 Å². The lowest BCUT2D eigenvalue weighted by atomic mass is 10.2. The van der Waals surface area contributed by atoms with E-state index in [0.29, 0.717) is 18.1 Å². The predicted octanol–water partition coefficient (Wildman–Crippen LogP) is 3.49. The molecule has 1 heterocycles. The van der Waals surface area contributed by atoms with Crippen LogP contribution in [0.2, 0.25) is 5.02 Å². The first-order valence-electron chi connectivity index (χ1n) is 5.89. The van der Waals surface area contributed by atoms with Gasteiger partial charge in [-0.15, -0.1) is 12.4 Å². The van der Waals surface area contributed by atoms with E-state index in [1.807, 2.05) is 36.4 Å². The van der Waals surface area contributed by atoms with Gasteiger partial charge in [0.1, 0.15) is 11.5 Å². The van der Waals surface area contributed by atoms with Crippen molar-refractivity contribution in [3.63, 3.8) is 0 Å². The maximum atomic E-state index is 9.14. The van der Waals surface area contributed by atoms with E-state index >= 15 is 0 Å². The van der Waals surface area contributed by atoms with Crippen LogP contribution in [0.25, 0.3) is 11.3 Å². The Kier molecular flexibility index (Phi) is 6.38. The third-order valence-corrected chi connectivity index (χ3v) is 2.87. The molecule has 0 saturated heterocycles. The van der Waals surface area contributed by atoms with Crippen molar-refractivity contribution in [2.45, 2.75) is 19.6 Å². The molecule has 0 amide bonds. The summed E-state index contributed by atoms with van der Waals surface area (Å²) in [5, 5.41) is 12.9. The number of aliphatic hydroxyl groups excluding tert-OH is 1. The van der Waals surface area contributed by atoms with Gasteiger partial charge in [0.05, 0.1) is 17.7 Å². The van der Waals surface area contributed by atoms with Gasteiger partial charge in [-0.1, -0.05) is 23.7 Å². The molecule has 0 aliphatic rings. The van der Waals surface area contributed by atoms with Crippen LogP contribution in [0.4, 0.5) is 0 Å². The summed E-state index contributed by atoms with van der Waals surface area (Å²) in [5.74, 6) is 1.58. The second-order valence-corrected chi connectivity index (χ2v) is 4.63. The average molecular weight is 302 g/mol. The minimum absolute atomic E-state index is 0. The summed E-state index contributed by atoms with van der Waals surface area (Å²) in [6.07, 6.45) is -0.358.